The number of nitrogens with two attached hydrogens (primary N) is 1. The number of carboxylic acids is 1. The Kier molecular flexibility index (Phi) is 5.11. The van der Waals surface area contributed by atoms with Crippen LogP contribution in [0.15, 0.2) is 0 Å². The van der Waals surface area contributed by atoms with Crippen LogP contribution < -0.4 is 5.73 Å². The second kappa shape index (κ2) is 5.56. The van der Waals surface area contributed by atoms with E-state index in [2.05, 4.69) is 0 Å². The number of carbonyl (C=O) groups excluding carboxylic acids is 1. The molecular weight excluding hydrogens is 170 g/mol. The lowest BCUT2D eigenvalue weighted by Crippen LogP contribution is -2.30. The zero-order valence-electron chi connectivity index (χ0n) is 8.12. The first-order chi connectivity index (χ1) is 5.99. The van der Waals surface area contributed by atoms with Gasteiger partial charge in [-0.3, -0.25) is 9.59 Å². The smallest absolute Gasteiger partial charge is 0.316 e. The Labute approximate surface area is 78.1 Å². The first-order valence-corrected chi connectivity index (χ1v) is 4.51. The van der Waals surface area contributed by atoms with Gasteiger partial charge in [0.1, 0.15) is 5.92 Å². The molecule has 1 amide bonds. The highest BCUT2D eigenvalue weighted by Gasteiger charge is 2.23. The molecule has 4 nitrogen and oxygen atoms in total. The Hall–Kier alpha value is -1.06. The molecule has 0 aromatic rings. The van der Waals surface area contributed by atoms with Gasteiger partial charge < -0.3 is 10.8 Å². The molecule has 0 heterocycles. The number of aliphatic carboxylic acids is 1. The summed E-state index contributed by atoms with van der Waals surface area (Å²) in [6.45, 7) is 4.06. The third kappa shape index (κ3) is 4.50. The Morgan fingerprint density at radius 3 is 2.23 bits per heavy atom. The van der Waals surface area contributed by atoms with Gasteiger partial charge in [0.15, 0.2) is 0 Å². The SMILES string of the molecule is CCC(C)CCC(C(N)=O)C(=O)O. The maximum absolute atomic E-state index is 10.7. The van der Waals surface area contributed by atoms with E-state index in [9.17, 15) is 9.59 Å². The van der Waals surface area contributed by atoms with Crippen molar-refractivity contribution in [2.45, 2.75) is 33.1 Å². The van der Waals surface area contributed by atoms with Crippen LogP contribution in [0.1, 0.15) is 33.1 Å². The molecule has 0 aromatic carbocycles. The molecule has 0 saturated carbocycles. The van der Waals surface area contributed by atoms with E-state index < -0.39 is 17.8 Å². The number of carbonyl (C=O) groups is 2. The molecule has 2 unspecified atom stereocenters. The average Bonchev–Trinajstić information content (AvgIpc) is 2.03. The minimum absolute atomic E-state index is 0.347. The molecule has 0 aromatic heterocycles. The maximum atomic E-state index is 10.7. The summed E-state index contributed by atoms with van der Waals surface area (Å²) in [5, 5.41) is 8.63. The number of carboxylic acid groups (broad SMARTS) is 1. The summed E-state index contributed by atoms with van der Waals surface area (Å²) in [6, 6.07) is 0. The zero-order chi connectivity index (χ0) is 10.4. The van der Waals surface area contributed by atoms with E-state index in [-0.39, 0.29) is 0 Å². The molecular formula is C9H17NO3. The number of rotatable bonds is 6. The molecule has 0 radical (unpaired) electrons. The van der Waals surface area contributed by atoms with Crippen LogP contribution in [-0.4, -0.2) is 17.0 Å². The Bertz CT molecular complexity index is 177. The summed E-state index contributed by atoms with van der Waals surface area (Å²) < 4.78 is 0. The van der Waals surface area contributed by atoms with Gasteiger partial charge in [-0.25, -0.2) is 0 Å². The fraction of sp³-hybridized carbons (Fsp3) is 0.778. The molecule has 3 N–H and O–H groups in total. The molecule has 0 aliphatic heterocycles. The molecule has 0 aliphatic rings. The summed E-state index contributed by atoms with van der Waals surface area (Å²) in [7, 11) is 0. The van der Waals surface area contributed by atoms with Gasteiger partial charge in [-0.2, -0.15) is 0 Å². The summed E-state index contributed by atoms with van der Waals surface area (Å²) >= 11 is 0. The third-order valence-corrected chi connectivity index (χ3v) is 2.29. The van der Waals surface area contributed by atoms with Gasteiger partial charge >= 0.3 is 5.97 Å². The van der Waals surface area contributed by atoms with Crippen molar-refractivity contribution in [3.05, 3.63) is 0 Å². The van der Waals surface area contributed by atoms with Gasteiger partial charge in [-0.05, 0) is 18.8 Å². The molecule has 0 aliphatic carbocycles. The van der Waals surface area contributed by atoms with Crippen LogP contribution in [0.25, 0.3) is 0 Å². The Morgan fingerprint density at radius 1 is 1.38 bits per heavy atom. The number of amides is 1. The summed E-state index contributed by atoms with van der Waals surface area (Å²) in [4.78, 5) is 21.2. The van der Waals surface area contributed by atoms with E-state index >= 15 is 0 Å². The van der Waals surface area contributed by atoms with E-state index in [1.54, 1.807) is 0 Å². The Balaban J connectivity index is 3.98. The Morgan fingerprint density at radius 2 is 1.92 bits per heavy atom. The summed E-state index contributed by atoms with van der Waals surface area (Å²) in [5.41, 5.74) is 4.95. The standard InChI is InChI=1S/C9H17NO3/c1-3-6(2)4-5-7(8(10)11)9(12)13/h6-7H,3-5H2,1-2H3,(H2,10,11)(H,12,13). The first kappa shape index (κ1) is 11.9. The van der Waals surface area contributed by atoms with Gasteiger partial charge in [0, 0.05) is 0 Å². The number of hydrogen-bond acceptors (Lipinski definition) is 2. The second-order valence-corrected chi connectivity index (χ2v) is 3.38. The van der Waals surface area contributed by atoms with Gasteiger partial charge in [-0.15, -0.1) is 0 Å². The van der Waals surface area contributed by atoms with Gasteiger partial charge in [-0.1, -0.05) is 20.3 Å². The average molecular weight is 187 g/mol. The largest absolute Gasteiger partial charge is 0.481 e. The minimum atomic E-state index is -1.11. The van der Waals surface area contributed by atoms with Gasteiger partial charge in [0.05, 0.1) is 0 Å². The first-order valence-electron chi connectivity index (χ1n) is 4.51. The van der Waals surface area contributed by atoms with Gasteiger partial charge in [0.2, 0.25) is 5.91 Å². The quantitative estimate of drug-likeness (QED) is 0.609. The molecule has 76 valence electrons. The predicted molar refractivity (Wildman–Crippen MR) is 49.0 cm³/mol. The minimum Gasteiger partial charge on any atom is -0.481 e. The van der Waals surface area contributed by atoms with Crippen molar-refractivity contribution in [1.82, 2.24) is 0 Å². The van der Waals surface area contributed by atoms with Gasteiger partial charge in [0.25, 0.3) is 0 Å². The topological polar surface area (TPSA) is 80.4 Å². The molecule has 0 spiro atoms. The van der Waals surface area contributed by atoms with Crippen LogP contribution in [-0.2, 0) is 9.59 Å². The lowest BCUT2D eigenvalue weighted by molar-refractivity contribution is -0.146. The van der Waals surface area contributed by atoms with Crippen molar-refractivity contribution in [3.8, 4) is 0 Å². The van der Waals surface area contributed by atoms with E-state index in [1.165, 1.54) is 0 Å². The summed E-state index contributed by atoms with van der Waals surface area (Å²) in [6.07, 6.45) is 2.07. The van der Waals surface area contributed by atoms with Crippen molar-refractivity contribution in [2.24, 2.45) is 17.6 Å². The van der Waals surface area contributed by atoms with Crippen LogP contribution in [0.3, 0.4) is 0 Å². The van der Waals surface area contributed by atoms with Crippen LogP contribution in [0.4, 0.5) is 0 Å². The molecule has 2 atom stereocenters. The third-order valence-electron chi connectivity index (χ3n) is 2.29. The fourth-order valence-corrected chi connectivity index (χ4v) is 1.04. The monoisotopic (exact) mass is 187 g/mol. The normalized spacial score (nSPS) is 14.9. The van der Waals surface area contributed by atoms with Crippen molar-refractivity contribution < 1.29 is 14.7 Å². The molecule has 13 heavy (non-hydrogen) atoms. The van der Waals surface area contributed by atoms with E-state index in [0.717, 1.165) is 12.8 Å². The predicted octanol–water partition coefficient (Wildman–Crippen LogP) is 0.999. The van der Waals surface area contributed by atoms with Crippen LogP contribution in [0.2, 0.25) is 0 Å². The number of primary amides is 1. The van der Waals surface area contributed by atoms with Crippen molar-refractivity contribution in [1.29, 1.82) is 0 Å². The lowest BCUT2D eigenvalue weighted by Gasteiger charge is -2.11. The molecule has 4 heteroatoms. The highest BCUT2D eigenvalue weighted by molar-refractivity contribution is 5.95. The fourth-order valence-electron chi connectivity index (χ4n) is 1.04. The molecule has 0 fully saturated rings. The zero-order valence-corrected chi connectivity index (χ0v) is 8.12. The highest BCUT2D eigenvalue weighted by Crippen LogP contribution is 2.15. The molecule has 0 bridgehead atoms. The summed E-state index contributed by atoms with van der Waals surface area (Å²) in [5.74, 6) is -2.43. The van der Waals surface area contributed by atoms with Crippen molar-refractivity contribution in [2.75, 3.05) is 0 Å². The van der Waals surface area contributed by atoms with Crippen LogP contribution in [0.5, 0.6) is 0 Å². The molecule has 0 saturated heterocycles. The van der Waals surface area contributed by atoms with Crippen molar-refractivity contribution >= 4 is 11.9 Å². The van der Waals surface area contributed by atoms with E-state index in [4.69, 9.17) is 10.8 Å². The number of hydrogen-bond donors (Lipinski definition) is 2. The molecule has 0 rings (SSSR count). The second-order valence-electron chi connectivity index (χ2n) is 3.38. The van der Waals surface area contributed by atoms with E-state index in [1.807, 2.05) is 13.8 Å². The van der Waals surface area contributed by atoms with Crippen LogP contribution >= 0.6 is 0 Å². The lowest BCUT2D eigenvalue weighted by atomic mass is 9.95. The van der Waals surface area contributed by atoms with Crippen molar-refractivity contribution in [3.63, 3.8) is 0 Å². The highest BCUT2D eigenvalue weighted by atomic mass is 16.4. The van der Waals surface area contributed by atoms with E-state index in [0.29, 0.717) is 12.3 Å². The van der Waals surface area contributed by atoms with Crippen LogP contribution in [0, 0.1) is 11.8 Å². The maximum Gasteiger partial charge on any atom is 0.316 e.